The number of hydrogen-bond acceptors (Lipinski definition) is 6. The number of benzene rings is 2. The summed E-state index contributed by atoms with van der Waals surface area (Å²) in [4.78, 5) is 18.3. The average molecular weight is 421 g/mol. The number of fused-ring (bicyclic) bond motifs is 1. The van der Waals surface area contributed by atoms with Gasteiger partial charge >= 0.3 is 5.97 Å². The van der Waals surface area contributed by atoms with Crippen LogP contribution in [-0.2, 0) is 16.0 Å². The Morgan fingerprint density at radius 2 is 1.87 bits per heavy atom. The Labute approximate surface area is 182 Å². The van der Waals surface area contributed by atoms with Gasteiger partial charge in [0.25, 0.3) is 0 Å². The fraction of sp³-hybridized carbons (Fsp3) is 0.280. The van der Waals surface area contributed by atoms with E-state index in [2.05, 4.69) is 11.2 Å². The minimum Gasteiger partial charge on any atom is -0.508 e. The highest BCUT2D eigenvalue weighted by Crippen LogP contribution is 2.31. The third-order valence-electron chi connectivity index (χ3n) is 4.82. The molecule has 6 heteroatoms. The van der Waals surface area contributed by atoms with E-state index in [1.807, 2.05) is 55.5 Å². The molecule has 2 N–H and O–H groups in total. The molecule has 1 heterocycles. The number of allylic oxidation sites excluding steroid dienone is 3. The smallest absolute Gasteiger partial charge is 0.342 e. The van der Waals surface area contributed by atoms with Crippen molar-refractivity contribution in [3.05, 3.63) is 83.5 Å². The molecule has 0 saturated carbocycles. The Bertz CT molecular complexity index is 979. The number of cyclic esters (lactones) is 1. The summed E-state index contributed by atoms with van der Waals surface area (Å²) in [5, 5.41) is 24.6. The summed E-state index contributed by atoms with van der Waals surface area (Å²) in [6, 6.07) is 12.1. The predicted octanol–water partition coefficient (Wildman–Crippen LogP) is 5.23. The molecule has 3 rings (SSSR count). The van der Waals surface area contributed by atoms with Gasteiger partial charge in [-0.3, -0.25) is 0 Å². The lowest BCUT2D eigenvalue weighted by molar-refractivity contribution is 0.0299. The van der Waals surface area contributed by atoms with Crippen LogP contribution in [0, 0.1) is 0 Å². The summed E-state index contributed by atoms with van der Waals surface area (Å²) in [5.74, 6) is -1.15. The van der Waals surface area contributed by atoms with E-state index in [9.17, 15) is 15.0 Å². The molecule has 31 heavy (non-hydrogen) atoms. The second-order valence-corrected chi connectivity index (χ2v) is 7.17. The van der Waals surface area contributed by atoms with Gasteiger partial charge in [0, 0.05) is 18.9 Å². The van der Waals surface area contributed by atoms with Gasteiger partial charge in [-0.05, 0) is 43.0 Å². The number of ether oxygens (including phenoxy) is 1. The van der Waals surface area contributed by atoms with Gasteiger partial charge in [-0.25, -0.2) is 4.79 Å². The third-order valence-corrected chi connectivity index (χ3v) is 4.82. The molecule has 0 aliphatic carbocycles. The standard InChI is InChI=1S/C25H27NO5/c1-2-30-26-20-13-9-4-3-5-10-14-23(18-11-7-6-8-12-18)31-25(29)24-19(15-20)16-21(27)17-22(24)28/h5-13,16-17,23,27-28H,2-4,14-15H2,1H3/b10-5+,13-9+,26-20+. The third kappa shape index (κ3) is 6.22. The number of esters is 1. The monoisotopic (exact) mass is 421 g/mol. The second kappa shape index (κ2) is 11.0. The molecule has 162 valence electrons. The maximum absolute atomic E-state index is 13.1. The maximum Gasteiger partial charge on any atom is 0.342 e. The number of phenols is 2. The maximum atomic E-state index is 13.1. The molecule has 0 fully saturated rings. The van der Waals surface area contributed by atoms with Crippen LogP contribution < -0.4 is 0 Å². The van der Waals surface area contributed by atoms with Crippen LogP contribution in [0.15, 0.2) is 71.9 Å². The lowest BCUT2D eigenvalue weighted by Crippen LogP contribution is -2.15. The van der Waals surface area contributed by atoms with Crippen molar-refractivity contribution >= 4 is 11.7 Å². The van der Waals surface area contributed by atoms with Crippen LogP contribution in [0.5, 0.6) is 11.5 Å². The van der Waals surface area contributed by atoms with Crippen molar-refractivity contribution in [2.24, 2.45) is 5.16 Å². The summed E-state index contributed by atoms with van der Waals surface area (Å²) >= 11 is 0. The summed E-state index contributed by atoms with van der Waals surface area (Å²) in [5.41, 5.74) is 1.86. The van der Waals surface area contributed by atoms with Crippen molar-refractivity contribution < 1.29 is 24.6 Å². The molecule has 1 atom stereocenters. The lowest BCUT2D eigenvalue weighted by Gasteiger charge is -2.19. The number of aromatic hydroxyl groups is 2. The first-order chi connectivity index (χ1) is 15.1. The number of nitrogens with zero attached hydrogens (tertiary/aromatic N) is 1. The Morgan fingerprint density at radius 3 is 2.65 bits per heavy atom. The highest BCUT2D eigenvalue weighted by Gasteiger charge is 2.24. The molecule has 0 radical (unpaired) electrons. The zero-order chi connectivity index (χ0) is 22.1. The Kier molecular flexibility index (Phi) is 7.87. The number of carbonyl (C=O) groups excluding carboxylic acids is 1. The van der Waals surface area contributed by atoms with E-state index < -0.39 is 12.1 Å². The fourth-order valence-electron chi connectivity index (χ4n) is 3.37. The van der Waals surface area contributed by atoms with E-state index >= 15 is 0 Å². The number of hydrogen-bond donors (Lipinski definition) is 2. The van der Waals surface area contributed by atoms with Gasteiger partial charge < -0.3 is 19.8 Å². The predicted molar refractivity (Wildman–Crippen MR) is 119 cm³/mol. The van der Waals surface area contributed by atoms with Gasteiger partial charge in [-0.2, -0.15) is 0 Å². The first kappa shape index (κ1) is 22.2. The van der Waals surface area contributed by atoms with Gasteiger partial charge in [0.1, 0.15) is 29.8 Å². The van der Waals surface area contributed by atoms with Crippen molar-refractivity contribution in [3.63, 3.8) is 0 Å². The summed E-state index contributed by atoms with van der Waals surface area (Å²) < 4.78 is 5.82. The molecule has 0 saturated heterocycles. The summed E-state index contributed by atoms with van der Waals surface area (Å²) in [6.45, 7) is 2.23. The molecular weight excluding hydrogens is 394 g/mol. The van der Waals surface area contributed by atoms with Crippen LogP contribution in [0.2, 0.25) is 0 Å². The normalized spacial score (nSPS) is 20.9. The quantitative estimate of drug-likeness (QED) is 0.403. The van der Waals surface area contributed by atoms with E-state index in [-0.39, 0.29) is 23.5 Å². The minimum absolute atomic E-state index is 0.0115. The summed E-state index contributed by atoms with van der Waals surface area (Å²) in [7, 11) is 0. The first-order valence-corrected chi connectivity index (χ1v) is 10.4. The zero-order valence-corrected chi connectivity index (χ0v) is 17.5. The van der Waals surface area contributed by atoms with Crippen LogP contribution in [0.25, 0.3) is 0 Å². The van der Waals surface area contributed by atoms with Crippen molar-refractivity contribution in [3.8, 4) is 11.5 Å². The van der Waals surface area contributed by atoms with E-state index in [1.165, 1.54) is 6.07 Å². The van der Waals surface area contributed by atoms with Gasteiger partial charge in [0.2, 0.25) is 0 Å². The number of phenolic OH excluding ortho intramolecular Hbond substituents is 2. The molecule has 0 bridgehead atoms. The van der Waals surface area contributed by atoms with Crippen LogP contribution in [0.1, 0.15) is 53.8 Å². The Morgan fingerprint density at radius 1 is 1.10 bits per heavy atom. The minimum atomic E-state index is -0.661. The number of rotatable bonds is 3. The lowest BCUT2D eigenvalue weighted by atomic mass is 9.99. The number of oxime groups is 1. The van der Waals surface area contributed by atoms with Crippen LogP contribution >= 0.6 is 0 Å². The van der Waals surface area contributed by atoms with Crippen LogP contribution in [-0.4, -0.2) is 28.5 Å². The van der Waals surface area contributed by atoms with E-state index in [4.69, 9.17) is 9.57 Å². The molecular formula is C25H27NO5. The molecule has 1 aliphatic rings. The molecule has 1 aliphatic heterocycles. The van der Waals surface area contributed by atoms with Gasteiger partial charge in [0.15, 0.2) is 0 Å². The van der Waals surface area contributed by atoms with Gasteiger partial charge in [-0.1, -0.05) is 53.7 Å². The topological polar surface area (TPSA) is 88.4 Å². The largest absolute Gasteiger partial charge is 0.508 e. The second-order valence-electron chi connectivity index (χ2n) is 7.17. The molecule has 2 aromatic rings. The van der Waals surface area contributed by atoms with Crippen molar-refractivity contribution in [1.29, 1.82) is 0 Å². The fourth-order valence-corrected chi connectivity index (χ4v) is 3.37. The Hall–Kier alpha value is -3.54. The zero-order valence-electron chi connectivity index (χ0n) is 17.5. The summed E-state index contributed by atoms with van der Waals surface area (Å²) in [6.07, 6.45) is 9.74. The van der Waals surface area contributed by atoms with E-state index in [0.717, 1.165) is 24.5 Å². The van der Waals surface area contributed by atoms with Crippen molar-refractivity contribution in [2.75, 3.05) is 6.61 Å². The molecule has 0 spiro atoms. The van der Waals surface area contributed by atoms with Gasteiger partial charge in [0.05, 0.1) is 5.71 Å². The SMILES string of the molecule is CCO/N=C1\C=C\CC/C=C/CC(c2ccccc2)OC(=O)c2c(O)cc(O)cc2C1. The highest BCUT2D eigenvalue weighted by atomic mass is 16.6. The molecule has 0 amide bonds. The van der Waals surface area contributed by atoms with Gasteiger partial charge in [-0.15, -0.1) is 0 Å². The molecule has 0 aromatic heterocycles. The van der Waals surface area contributed by atoms with Crippen LogP contribution in [0.4, 0.5) is 0 Å². The van der Waals surface area contributed by atoms with Crippen molar-refractivity contribution in [1.82, 2.24) is 0 Å². The highest BCUT2D eigenvalue weighted by molar-refractivity contribution is 6.00. The molecule has 6 nitrogen and oxygen atoms in total. The Balaban J connectivity index is 2.03. The average Bonchev–Trinajstić information content (AvgIpc) is 2.75. The van der Waals surface area contributed by atoms with E-state index in [1.54, 1.807) is 0 Å². The molecule has 1 unspecified atom stereocenters. The van der Waals surface area contributed by atoms with Crippen molar-refractivity contribution in [2.45, 2.75) is 38.7 Å². The van der Waals surface area contributed by atoms with E-state index in [0.29, 0.717) is 24.3 Å². The first-order valence-electron chi connectivity index (χ1n) is 10.4. The van der Waals surface area contributed by atoms with Crippen LogP contribution in [0.3, 0.4) is 0 Å². The number of carbonyl (C=O) groups is 1. The molecule has 2 aromatic carbocycles.